The van der Waals surface area contributed by atoms with Crippen molar-refractivity contribution in [2.45, 2.75) is 77.0 Å². The second kappa shape index (κ2) is 9.52. The zero-order valence-electron chi connectivity index (χ0n) is 18.2. The number of ether oxygens (including phenoxy) is 1. The fraction of sp³-hybridized carbons (Fsp3) is 0.682. The molecule has 1 aromatic heterocycles. The van der Waals surface area contributed by atoms with Gasteiger partial charge in [0.05, 0.1) is 13.0 Å². The Kier molecular flexibility index (Phi) is 7.84. The Balaban J connectivity index is 2.31. The monoisotopic (exact) mass is 423 g/mol. The number of rotatable bonds is 5. The lowest BCUT2D eigenvalue weighted by molar-refractivity contribution is 0.0588. The van der Waals surface area contributed by atoms with Crippen molar-refractivity contribution in [2.75, 3.05) is 19.6 Å². The highest BCUT2D eigenvalue weighted by Gasteiger charge is 2.37. The lowest BCUT2D eigenvalue weighted by Crippen LogP contribution is -2.41. The van der Waals surface area contributed by atoms with Crippen molar-refractivity contribution in [2.24, 2.45) is 0 Å². The van der Waals surface area contributed by atoms with Crippen molar-refractivity contribution in [3.63, 3.8) is 0 Å². The molecule has 1 aromatic rings. The number of aromatic nitrogens is 1. The number of halogens is 1. The molecule has 2 rings (SSSR count). The molecule has 6 heteroatoms. The summed E-state index contributed by atoms with van der Waals surface area (Å²) in [6.45, 7) is 12.9. The molecule has 1 aliphatic rings. The quantitative estimate of drug-likeness (QED) is 0.270. The summed E-state index contributed by atoms with van der Waals surface area (Å²) < 4.78 is 13.6. The Bertz CT molecular complexity index is 752. The minimum Gasteiger partial charge on any atom is -0.464 e. The standard InChI is InChI=1S/C22H34ClNO3Si/c1-22(2,3)28(5,6)27-15-12-17-10-7-8-14-24-19(21(25)26-4)16-18(20(17)24)11-9-13-23/h16-17H,7-8,10,12-15H2,1-6H3/t17-/m1/s1. The molecule has 0 saturated heterocycles. The molecule has 0 unspecified atom stereocenters. The van der Waals surface area contributed by atoms with Gasteiger partial charge in [0.25, 0.3) is 0 Å². The van der Waals surface area contributed by atoms with Crippen LogP contribution in [0.1, 0.15) is 74.1 Å². The van der Waals surface area contributed by atoms with E-state index in [4.69, 9.17) is 20.8 Å². The third-order valence-electron chi connectivity index (χ3n) is 6.13. The number of carbonyl (C=O) groups excluding carboxylic acids is 1. The van der Waals surface area contributed by atoms with Gasteiger partial charge >= 0.3 is 5.97 Å². The van der Waals surface area contributed by atoms with Crippen molar-refractivity contribution in [1.82, 2.24) is 4.57 Å². The predicted molar refractivity (Wildman–Crippen MR) is 118 cm³/mol. The highest BCUT2D eigenvalue weighted by molar-refractivity contribution is 6.74. The SMILES string of the molecule is COC(=O)c1cc(C#CCCl)c2n1CCCC[C@@H]2CCO[Si](C)(C)C(C)(C)C. The van der Waals surface area contributed by atoms with Gasteiger partial charge in [0, 0.05) is 30.3 Å². The molecule has 0 spiro atoms. The summed E-state index contributed by atoms with van der Waals surface area (Å²) in [7, 11) is -0.349. The van der Waals surface area contributed by atoms with Crippen molar-refractivity contribution < 1.29 is 14.0 Å². The van der Waals surface area contributed by atoms with Crippen LogP contribution < -0.4 is 0 Å². The summed E-state index contributed by atoms with van der Waals surface area (Å²) in [6.07, 6.45) is 4.21. The van der Waals surface area contributed by atoms with E-state index < -0.39 is 8.32 Å². The minimum absolute atomic E-state index is 0.200. The van der Waals surface area contributed by atoms with E-state index in [1.165, 1.54) is 7.11 Å². The van der Waals surface area contributed by atoms with Crippen LogP contribution in [-0.4, -0.2) is 38.5 Å². The Morgan fingerprint density at radius 2 is 2.07 bits per heavy atom. The Hall–Kier alpha value is -1.22. The van der Waals surface area contributed by atoms with Crippen LogP contribution in [0, 0.1) is 11.8 Å². The van der Waals surface area contributed by atoms with Crippen LogP contribution in [0.5, 0.6) is 0 Å². The molecular weight excluding hydrogens is 390 g/mol. The summed E-state index contributed by atoms with van der Waals surface area (Å²) in [5.74, 6) is 6.41. The first-order valence-electron chi connectivity index (χ1n) is 10.1. The number of carbonyl (C=O) groups is 1. The van der Waals surface area contributed by atoms with Gasteiger partial charge in [0.1, 0.15) is 5.69 Å². The summed E-state index contributed by atoms with van der Waals surface area (Å²) in [6, 6.07) is 1.87. The Morgan fingerprint density at radius 1 is 1.36 bits per heavy atom. The molecule has 0 aliphatic carbocycles. The second-order valence-electron chi connectivity index (χ2n) is 9.00. The highest BCUT2D eigenvalue weighted by atomic mass is 35.5. The zero-order valence-corrected chi connectivity index (χ0v) is 19.9. The van der Waals surface area contributed by atoms with Gasteiger partial charge in [-0.25, -0.2) is 4.79 Å². The molecule has 0 bridgehead atoms. The Labute approximate surface area is 176 Å². The summed E-state index contributed by atoms with van der Waals surface area (Å²) in [5, 5.41) is 0.200. The van der Waals surface area contributed by atoms with Crippen LogP contribution in [0.15, 0.2) is 6.07 Å². The summed E-state index contributed by atoms with van der Waals surface area (Å²) in [4.78, 5) is 12.3. The average molecular weight is 424 g/mol. The maximum absolute atomic E-state index is 12.3. The number of hydrogen-bond donors (Lipinski definition) is 0. The topological polar surface area (TPSA) is 40.5 Å². The third-order valence-corrected chi connectivity index (χ3v) is 10.8. The van der Waals surface area contributed by atoms with Gasteiger partial charge in [-0.3, -0.25) is 0 Å². The third kappa shape index (κ3) is 5.22. The molecule has 0 fully saturated rings. The highest BCUT2D eigenvalue weighted by Crippen LogP contribution is 2.38. The molecule has 0 radical (unpaired) electrons. The van der Waals surface area contributed by atoms with E-state index in [1.54, 1.807) is 0 Å². The van der Waals surface area contributed by atoms with Gasteiger partial charge < -0.3 is 13.7 Å². The van der Waals surface area contributed by atoms with Gasteiger partial charge in [-0.05, 0) is 43.5 Å². The van der Waals surface area contributed by atoms with Crippen LogP contribution in [0.2, 0.25) is 18.1 Å². The largest absolute Gasteiger partial charge is 0.464 e. The number of alkyl halides is 1. The van der Waals surface area contributed by atoms with Crippen LogP contribution in [-0.2, 0) is 15.7 Å². The minimum atomic E-state index is -1.77. The number of fused-ring (bicyclic) bond motifs is 1. The van der Waals surface area contributed by atoms with Gasteiger partial charge in [0.15, 0.2) is 8.32 Å². The van der Waals surface area contributed by atoms with Crippen LogP contribution in [0.3, 0.4) is 0 Å². The maximum Gasteiger partial charge on any atom is 0.354 e. The van der Waals surface area contributed by atoms with E-state index in [9.17, 15) is 4.79 Å². The zero-order chi connectivity index (χ0) is 20.9. The van der Waals surface area contributed by atoms with E-state index in [-0.39, 0.29) is 16.9 Å². The van der Waals surface area contributed by atoms with Gasteiger partial charge in [-0.2, -0.15) is 0 Å². The van der Waals surface area contributed by atoms with E-state index in [0.29, 0.717) is 11.6 Å². The molecule has 156 valence electrons. The normalized spacial score (nSPS) is 17.3. The maximum atomic E-state index is 12.3. The van der Waals surface area contributed by atoms with Gasteiger partial charge in [0.2, 0.25) is 0 Å². The molecule has 4 nitrogen and oxygen atoms in total. The number of nitrogens with zero attached hydrogens (tertiary/aromatic N) is 1. The molecule has 28 heavy (non-hydrogen) atoms. The second-order valence-corrected chi connectivity index (χ2v) is 14.1. The molecule has 0 amide bonds. The number of hydrogen-bond acceptors (Lipinski definition) is 3. The average Bonchev–Trinajstić information content (AvgIpc) is 2.85. The van der Waals surface area contributed by atoms with E-state index in [0.717, 1.165) is 50.1 Å². The molecule has 0 saturated carbocycles. The fourth-order valence-electron chi connectivity index (χ4n) is 3.50. The van der Waals surface area contributed by atoms with Crippen molar-refractivity contribution in [3.05, 3.63) is 23.0 Å². The molecule has 0 aromatic carbocycles. The summed E-state index contributed by atoms with van der Waals surface area (Å²) >= 11 is 5.79. The first kappa shape index (κ1) is 23.1. The van der Waals surface area contributed by atoms with Crippen molar-refractivity contribution in [1.29, 1.82) is 0 Å². The first-order valence-corrected chi connectivity index (χ1v) is 13.6. The number of methoxy groups -OCH3 is 1. The van der Waals surface area contributed by atoms with Crippen molar-refractivity contribution in [3.8, 4) is 11.8 Å². The molecular formula is C22H34ClNO3Si. The van der Waals surface area contributed by atoms with Crippen LogP contribution in [0.25, 0.3) is 0 Å². The van der Waals surface area contributed by atoms with E-state index in [2.05, 4.69) is 50.3 Å². The van der Waals surface area contributed by atoms with E-state index >= 15 is 0 Å². The molecule has 0 N–H and O–H groups in total. The lowest BCUT2D eigenvalue weighted by atomic mass is 9.94. The summed E-state index contributed by atoms with van der Waals surface area (Å²) in [5.41, 5.74) is 2.64. The van der Waals surface area contributed by atoms with Crippen LogP contribution in [0.4, 0.5) is 0 Å². The Morgan fingerprint density at radius 3 is 2.68 bits per heavy atom. The lowest BCUT2D eigenvalue weighted by Gasteiger charge is -2.36. The smallest absolute Gasteiger partial charge is 0.354 e. The molecule has 1 aliphatic heterocycles. The predicted octanol–water partition coefficient (Wildman–Crippen LogP) is 5.54. The fourth-order valence-corrected chi connectivity index (χ4v) is 4.63. The molecule has 1 atom stereocenters. The van der Waals surface area contributed by atoms with Crippen molar-refractivity contribution >= 4 is 25.9 Å². The van der Waals surface area contributed by atoms with Gasteiger partial charge in [-0.15, -0.1) is 11.6 Å². The van der Waals surface area contributed by atoms with Gasteiger partial charge in [-0.1, -0.05) is 39.0 Å². The van der Waals surface area contributed by atoms with E-state index in [1.807, 2.05) is 6.07 Å². The number of esters is 1. The first-order chi connectivity index (χ1) is 13.1. The van der Waals surface area contributed by atoms with Crippen LogP contribution >= 0.6 is 11.6 Å². The molecule has 2 heterocycles.